The van der Waals surface area contributed by atoms with Gasteiger partial charge in [0.1, 0.15) is 5.01 Å². The minimum absolute atomic E-state index is 0.0369. The van der Waals surface area contributed by atoms with E-state index in [1.165, 1.54) is 35.9 Å². The van der Waals surface area contributed by atoms with Crippen LogP contribution in [-0.2, 0) is 11.2 Å². The maximum absolute atomic E-state index is 12.2. The number of thioether (sulfide) groups is 1. The monoisotopic (exact) mass is 335 g/mol. The van der Waals surface area contributed by atoms with Crippen molar-refractivity contribution in [1.82, 2.24) is 10.2 Å². The number of nitrogens with one attached hydrogen (secondary N) is 1. The van der Waals surface area contributed by atoms with E-state index in [1.807, 2.05) is 37.3 Å². The SMILES string of the molecule is CCCCCc1nnc(NC(=O)C(C)Sc2ccccc2)s1. The van der Waals surface area contributed by atoms with Gasteiger partial charge in [-0.1, -0.05) is 49.3 Å². The van der Waals surface area contributed by atoms with E-state index in [4.69, 9.17) is 0 Å². The van der Waals surface area contributed by atoms with Crippen LogP contribution in [0, 0.1) is 0 Å². The largest absolute Gasteiger partial charge is 0.300 e. The van der Waals surface area contributed by atoms with E-state index >= 15 is 0 Å². The number of aromatic nitrogens is 2. The Labute approximate surface area is 139 Å². The molecule has 0 spiro atoms. The first-order valence-corrected chi connectivity index (χ1v) is 9.23. The van der Waals surface area contributed by atoms with Gasteiger partial charge >= 0.3 is 0 Å². The summed E-state index contributed by atoms with van der Waals surface area (Å²) in [6, 6.07) is 9.92. The summed E-state index contributed by atoms with van der Waals surface area (Å²) in [5.41, 5.74) is 0. The summed E-state index contributed by atoms with van der Waals surface area (Å²) < 4.78 is 0. The van der Waals surface area contributed by atoms with Gasteiger partial charge in [-0.05, 0) is 25.5 Å². The Kier molecular flexibility index (Phi) is 6.86. The second-order valence-corrected chi connectivity index (χ2v) is 7.50. The fourth-order valence-electron chi connectivity index (χ4n) is 1.90. The van der Waals surface area contributed by atoms with Gasteiger partial charge in [0, 0.05) is 11.3 Å². The van der Waals surface area contributed by atoms with Crippen LogP contribution in [0.15, 0.2) is 35.2 Å². The number of hydrogen-bond acceptors (Lipinski definition) is 5. The average molecular weight is 335 g/mol. The van der Waals surface area contributed by atoms with Crippen molar-refractivity contribution in [2.75, 3.05) is 5.32 Å². The fourth-order valence-corrected chi connectivity index (χ4v) is 3.57. The number of amides is 1. The van der Waals surface area contributed by atoms with E-state index in [0.717, 1.165) is 22.7 Å². The quantitative estimate of drug-likeness (QED) is 0.574. The van der Waals surface area contributed by atoms with Crippen LogP contribution in [-0.4, -0.2) is 21.4 Å². The molecule has 2 rings (SSSR count). The zero-order chi connectivity index (χ0) is 15.8. The Hall–Kier alpha value is -1.40. The first kappa shape index (κ1) is 17.0. The third-order valence-corrected chi connectivity index (χ3v) is 5.13. The zero-order valence-electron chi connectivity index (χ0n) is 12.9. The van der Waals surface area contributed by atoms with Gasteiger partial charge in [-0.15, -0.1) is 22.0 Å². The summed E-state index contributed by atoms with van der Waals surface area (Å²) in [5, 5.41) is 12.5. The smallest absolute Gasteiger partial charge is 0.239 e. The topological polar surface area (TPSA) is 54.9 Å². The number of anilines is 1. The van der Waals surface area contributed by atoms with E-state index in [-0.39, 0.29) is 11.2 Å². The van der Waals surface area contributed by atoms with E-state index in [2.05, 4.69) is 22.4 Å². The molecule has 1 aromatic heterocycles. The lowest BCUT2D eigenvalue weighted by Crippen LogP contribution is -2.22. The number of carbonyl (C=O) groups excluding carboxylic acids is 1. The number of rotatable bonds is 8. The molecule has 0 saturated carbocycles. The average Bonchev–Trinajstić information content (AvgIpc) is 2.96. The van der Waals surface area contributed by atoms with Crippen molar-refractivity contribution >= 4 is 34.1 Å². The maximum Gasteiger partial charge on any atom is 0.239 e. The minimum atomic E-state index is -0.171. The van der Waals surface area contributed by atoms with Crippen molar-refractivity contribution in [1.29, 1.82) is 0 Å². The van der Waals surface area contributed by atoms with Crippen molar-refractivity contribution in [3.63, 3.8) is 0 Å². The molecule has 0 aliphatic heterocycles. The lowest BCUT2D eigenvalue weighted by Gasteiger charge is -2.09. The van der Waals surface area contributed by atoms with Gasteiger partial charge < -0.3 is 0 Å². The van der Waals surface area contributed by atoms with Crippen LogP contribution < -0.4 is 5.32 Å². The third kappa shape index (κ3) is 5.42. The van der Waals surface area contributed by atoms with Crippen LogP contribution in [0.25, 0.3) is 0 Å². The maximum atomic E-state index is 12.2. The van der Waals surface area contributed by atoms with Gasteiger partial charge in [-0.2, -0.15) is 0 Å². The van der Waals surface area contributed by atoms with Crippen LogP contribution in [0.1, 0.15) is 38.1 Å². The Bertz CT molecular complexity index is 586. The molecule has 0 radical (unpaired) electrons. The van der Waals surface area contributed by atoms with Crippen LogP contribution >= 0.6 is 23.1 Å². The highest BCUT2D eigenvalue weighted by molar-refractivity contribution is 8.00. The number of hydrogen-bond donors (Lipinski definition) is 1. The Morgan fingerprint density at radius 3 is 2.77 bits per heavy atom. The number of benzene rings is 1. The van der Waals surface area contributed by atoms with Crippen molar-refractivity contribution in [3.05, 3.63) is 35.3 Å². The highest BCUT2D eigenvalue weighted by Crippen LogP contribution is 2.24. The van der Waals surface area contributed by atoms with E-state index in [1.54, 1.807) is 0 Å². The van der Waals surface area contributed by atoms with E-state index in [0.29, 0.717) is 5.13 Å². The molecule has 0 fully saturated rings. The predicted octanol–water partition coefficient (Wildman–Crippen LogP) is 4.39. The molecular formula is C16H21N3OS2. The van der Waals surface area contributed by atoms with Crippen LogP contribution in [0.3, 0.4) is 0 Å². The number of unbranched alkanes of at least 4 members (excludes halogenated alkanes) is 2. The highest BCUT2D eigenvalue weighted by Gasteiger charge is 2.16. The van der Waals surface area contributed by atoms with Gasteiger partial charge in [-0.25, -0.2) is 0 Å². The molecule has 0 aliphatic carbocycles. The summed E-state index contributed by atoms with van der Waals surface area (Å²) >= 11 is 3.01. The molecule has 0 saturated heterocycles. The fraction of sp³-hybridized carbons (Fsp3) is 0.438. The molecule has 2 aromatic rings. The van der Waals surface area contributed by atoms with E-state index < -0.39 is 0 Å². The molecule has 0 bridgehead atoms. The Morgan fingerprint density at radius 2 is 2.05 bits per heavy atom. The van der Waals surface area contributed by atoms with E-state index in [9.17, 15) is 4.79 Å². The molecular weight excluding hydrogens is 314 g/mol. The highest BCUT2D eigenvalue weighted by atomic mass is 32.2. The second kappa shape index (κ2) is 8.90. The molecule has 118 valence electrons. The summed E-state index contributed by atoms with van der Waals surface area (Å²) in [5.74, 6) is -0.0369. The molecule has 6 heteroatoms. The Morgan fingerprint density at radius 1 is 1.27 bits per heavy atom. The summed E-state index contributed by atoms with van der Waals surface area (Å²) in [6.45, 7) is 4.08. The molecule has 1 unspecified atom stereocenters. The number of nitrogens with zero attached hydrogens (tertiary/aromatic N) is 2. The normalized spacial score (nSPS) is 12.1. The molecule has 22 heavy (non-hydrogen) atoms. The summed E-state index contributed by atoms with van der Waals surface area (Å²) in [6.07, 6.45) is 4.46. The van der Waals surface area contributed by atoms with Gasteiger partial charge in [0.2, 0.25) is 11.0 Å². The third-order valence-electron chi connectivity index (χ3n) is 3.12. The van der Waals surface area contributed by atoms with Crippen LogP contribution in [0.2, 0.25) is 0 Å². The van der Waals surface area contributed by atoms with Crippen LogP contribution in [0.5, 0.6) is 0 Å². The molecule has 1 atom stereocenters. The van der Waals surface area contributed by atoms with Crippen LogP contribution in [0.4, 0.5) is 5.13 Å². The molecule has 0 aliphatic rings. The second-order valence-electron chi connectivity index (χ2n) is 5.02. The first-order valence-electron chi connectivity index (χ1n) is 7.54. The Balaban J connectivity index is 1.83. The summed E-state index contributed by atoms with van der Waals surface area (Å²) in [7, 11) is 0. The van der Waals surface area contributed by atoms with Crippen molar-refractivity contribution < 1.29 is 4.79 Å². The van der Waals surface area contributed by atoms with Crippen molar-refractivity contribution in [3.8, 4) is 0 Å². The lowest BCUT2D eigenvalue weighted by atomic mass is 10.2. The number of aryl methyl sites for hydroxylation is 1. The molecule has 1 amide bonds. The van der Waals surface area contributed by atoms with Gasteiger partial charge in [0.25, 0.3) is 0 Å². The predicted molar refractivity (Wildman–Crippen MR) is 93.5 cm³/mol. The molecule has 1 heterocycles. The minimum Gasteiger partial charge on any atom is -0.300 e. The van der Waals surface area contributed by atoms with Gasteiger partial charge in [-0.3, -0.25) is 10.1 Å². The van der Waals surface area contributed by atoms with Crippen molar-refractivity contribution in [2.24, 2.45) is 0 Å². The van der Waals surface area contributed by atoms with Gasteiger partial charge in [0.15, 0.2) is 0 Å². The number of carbonyl (C=O) groups is 1. The summed E-state index contributed by atoms with van der Waals surface area (Å²) in [4.78, 5) is 13.3. The zero-order valence-corrected chi connectivity index (χ0v) is 14.5. The van der Waals surface area contributed by atoms with Crippen molar-refractivity contribution in [2.45, 2.75) is 49.7 Å². The lowest BCUT2D eigenvalue weighted by molar-refractivity contribution is -0.115. The first-order chi connectivity index (χ1) is 10.7. The molecule has 1 N–H and O–H groups in total. The molecule has 4 nitrogen and oxygen atoms in total. The standard InChI is InChI=1S/C16H21N3OS2/c1-3-4-6-11-14-18-19-16(22-14)17-15(20)12(2)21-13-9-7-5-8-10-13/h5,7-10,12H,3-4,6,11H2,1-2H3,(H,17,19,20). The van der Waals surface area contributed by atoms with Gasteiger partial charge in [0.05, 0.1) is 5.25 Å². The molecule has 1 aromatic carbocycles.